The molecule has 1 heterocycles. The number of hydrogen-bond donors (Lipinski definition) is 2. The van der Waals surface area contributed by atoms with E-state index in [1.807, 2.05) is 19.1 Å². The van der Waals surface area contributed by atoms with Gasteiger partial charge in [-0.1, -0.05) is 15.9 Å². The zero-order valence-electron chi connectivity index (χ0n) is 9.81. The number of aryl methyl sites for hydroxylation is 2. The standard InChI is InChI=1S/C11H11BrN4OS/c1-5-3-6(12)4-7-8(14-15-11(13)18)10(17)16(2)9(5)7/h3-4,17H,1-2H3,(H2,13,18). The molecular weight excluding hydrogens is 316 g/mol. The Morgan fingerprint density at radius 3 is 2.78 bits per heavy atom. The van der Waals surface area contributed by atoms with Crippen molar-refractivity contribution in [3.63, 3.8) is 0 Å². The number of rotatable bonds is 1. The summed E-state index contributed by atoms with van der Waals surface area (Å²) in [5, 5.41) is 18.3. The lowest BCUT2D eigenvalue weighted by atomic mass is 10.1. The van der Waals surface area contributed by atoms with Crippen molar-refractivity contribution < 1.29 is 5.11 Å². The van der Waals surface area contributed by atoms with Crippen LogP contribution in [0.1, 0.15) is 5.56 Å². The number of aromatic hydroxyl groups is 1. The van der Waals surface area contributed by atoms with E-state index in [4.69, 9.17) is 5.73 Å². The van der Waals surface area contributed by atoms with Crippen LogP contribution in [0.15, 0.2) is 26.8 Å². The van der Waals surface area contributed by atoms with Crippen molar-refractivity contribution in [2.24, 2.45) is 23.0 Å². The van der Waals surface area contributed by atoms with E-state index >= 15 is 0 Å². The maximum atomic E-state index is 10.1. The topological polar surface area (TPSA) is 75.9 Å². The number of thiocarbonyl (C=S) groups is 1. The summed E-state index contributed by atoms with van der Waals surface area (Å²) >= 11 is 8.06. The minimum Gasteiger partial charge on any atom is -0.493 e. The molecular formula is C11H11BrN4OS. The number of nitrogens with two attached hydrogens (primary N) is 1. The van der Waals surface area contributed by atoms with Gasteiger partial charge in [0.25, 0.3) is 0 Å². The average molecular weight is 327 g/mol. The Bertz CT molecular complexity index is 677. The highest BCUT2D eigenvalue weighted by Gasteiger charge is 2.16. The van der Waals surface area contributed by atoms with Crippen molar-refractivity contribution in [1.82, 2.24) is 4.57 Å². The zero-order valence-corrected chi connectivity index (χ0v) is 12.2. The van der Waals surface area contributed by atoms with Gasteiger partial charge < -0.3 is 15.4 Å². The molecule has 0 saturated heterocycles. The molecule has 0 amide bonds. The van der Waals surface area contributed by atoms with E-state index < -0.39 is 0 Å². The predicted octanol–water partition coefficient (Wildman–Crippen LogP) is 3.28. The number of azo groups is 1. The number of fused-ring (bicyclic) bond motifs is 1. The molecule has 0 aliphatic carbocycles. The molecule has 0 radical (unpaired) electrons. The Labute approximate surface area is 117 Å². The molecule has 1 aromatic heterocycles. The van der Waals surface area contributed by atoms with Crippen LogP contribution in [0.3, 0.4) is 0 Å². The van der Waals surface area contributed by atoms with Crippen LogP contribution in [0.4, 0.5) is 5.69 Å². The Kier molecular flexibility index (Phi) is 3.36. The Morgan fingerprint density at radius 2 is 2.17 bits per heavy atom. The minimum absolute atomic E-state index is 0.0335. The van der Waals surface area contributed by atoms with E-state index in [0.29, 0.717) is 5.69 Å². The largest absolute Gasteiger partial charge is 0.493 e. The second-order valence-corrected chi connectivity index (χ2v) is 5.22. The third-order valence-electron chi connectivity index (χ3n) is 2.63. The minimum atomic E-state index is -0.0712. The summed E-state index contributed by atoms with van der Waals surface area (Å²) in [6, 6.07) is 3.84. The van der Waals surface area contributed by atoms with Crippen LogP contribution in [0.25, 0.3) is 10.9 Å². The Hall–Kier alpha value is -1.47. The lowest BCUT2D eigenvalue weighted by Gasteiger charge is -2.01. The van der Waals surface area contributed by atoms with Crippen molar-refractivity contribution >= 4 is 49.9 Å². The van der Waals surface area contributed by atoms with Crippen LogP contribution < -0.4 is 5.73 Å². The summed E-state index contributed by atoms with van der Waals surface area (Å²) < 4.78 is 2.57. The van der Waals surface area contributed by atoms with E-state index in [1.165, 1.54) is 0 Å². The molecule has 7 heteroatoms. The first-order valence-corrected chi connectivity index (χ1v) is 6.30. The van der Waals surface area contributed by atoms with Crippen molar-refractivity contribution in [2.45, 2.75) is 6.92 Å². The van der Waals surface area contributed by atoms with Gasteiger partial charge in [-0.25, -0.2) is 0 Å². The van der Waals surface area contributed by atoms with Crippen LogP contribution in [0.5, 0.6) is 5.88 Å². The Balaban J connectivity index is 2.81. The van der Waals surface area contributed by atoms with Gasteiger partial charge >= 0.3 is 0 Å². The fourth-order valence-electron chi connectivity index (χ4n) is 1.94. The van der Waals surface area contributed by atoms with Gasteiger partial charge in [0, 0.05) is 16.9 Å². The van der Waals surface area contributed by atoms with E-state index in [1.54, 1.807) is 11.6 Å². The Morgan fingerprint density at radius 1 is 1.50 bits per heavy atom. The first-order chi connectivity index (χ1) is 8.41. The lowest BCUT2D eigenvalue weighted by molar-refractivity contribution is 0.436. The molecule has 0 bridgehead atoms. The van der Waals surface area contributed by atoms with Gasteiger partial charge in [0.15, 0.2) is 5.69 Å². The van der Waals surface area contributed by atoms with Crippen molar-refractivity contribution in [1.29, 1.82) is 0 Å². The summed E-state index contributed by atoms with van der Waals surface area (Å²) in [7, 11) is 1.76. The molecule has 18 heavy (non-hydrogen) atoms. The lowest BCUT2D eigenvalue weighted by Crippen LogP contribution is -2.01. The smallest absolute Gasteiger partial charge is 0.220 e. The van der Waals surface area contributed by atoms with Crippen LogP contribution in [0, 0.1) is 6.92 Å². The van der Waals surface area contributed by atoms with Gasteiger partial charge in [0.05, 0.1) is 5.52 Å². The maximum absolute atomic E-state index is 10.1. The highest BCUT2D eigenvalue weighted by atomic mass is 79.9. The number of hydrogen-bond acceptors (Lipinski definition) is 3. The molecule has 5 nitrogen and oxygen atoms in total. The normalized spacial score (nSPS) is 11.5. The maximum Gasteiger partial charge on any atom is 0.220 e. The quantitative estimate of drug-likeness (QED) is 0.623. The van der Waals surface area contributed by atoms with Crippen LogP contribution in [-0.4, -0.2) is 14.8 Å². The van der Waals surface area contributed by atoms with Gasteiger partial charge in [0.1, 0.15) is 0 Å². The SMILES string of the molecule is Cc1cc(Br)cc2c(N=NC(N)=S)c(O)n(C)c12. The molecule has 0 spiro atoms. The summed E-state index contributed by atoms with van der Waals surface area (Å²) in [6.45, 7) is 1.96. The molecule has 0 atom stereocenters. The van der Waals surface area contributed by atoms with E-state index in [2.05, 4.69) is 38.4 Å². The predicted molar refractivity (Wildman–Crippen MR) is 78.3 cm³/mol. The van der Waals surface area contributed by atoms with Crippen molar-refractivity contribution in [3.8, 4) is 5.88 Å². The molecule has 2 aromatic rings. The van der Waals surface area contributed by atoms with E-state index in [9.17, 15) is 5.11 Å². The highest BCUT2D eigenvalue weighted by molar-refractivity contribution is 9.10. The van der Waals surface area contributed by atoms with Crippen molar-refractivity contribution in [2.75, 3.05) is 0 Å². The molecule has 2 rings (SSSR count). The summed E-state index contributed by atoms with van der Waals surface area (Å²) in [5.41, 5.74) is 7.56. The fraction of sp³-hybridized carbons (Fsp3) is 0.182. The second kappa shape index (κ2) is 4.66. The van der Waals surface area contributed by atoms with Crippen molar-refractivity contribution in [3.05, 3.63) is 22.2 Å². The monoisotopic (exact) mass is 326 g/mol. The zero-order chi connectivity index (χ0) is 13.4. The van der Waals surface area contributed by atoms with Gasteiger partial charge in [-0.3, -0.25) is 0 Å². The van der Waals surface area contributed by atoms with Gasteiger partial charge in [-0.2, -0.15) is 0 Å². The first-order valence-electron chi connectivity index (χ1n) is 5.10. The van der Waals surface area contributed by atoms with Crippen LogP contribution in [-0.2, 0) is 7.05 Å². The van der Waals surface area contributed by atoms with E-state index in [0.717, 1.165) is 20.9 Å². The van der Waals surface area contributed by atoms with Gasteiger partial charge in [0.2, 0.25) is 11.0 Å². The first kappa shape index (κ1) is 13.0. The summed E-state index contributed by atoms with van der Waals surface area (Å²) in [6.07, 6.45) is 0. The van der Waals surface area contributed by atoms with Gasteiger partial charge in [-0.15, -0.1) is 10.2 Å². The molecule has 0 aliphatic rings. The number of nitrogens with zero attached hydrogens (tertiary/aromatic N) is 3. The fourth-order valence-corrected chi connectivity index (χ4v) is 2.56. The summed E-state index contributed by atoms with van der Waals surface area (Å²) in [5.74, 6) is 0.0335. The number of halogens is 1. The molecule has 0 fully saturated rings. The number of aromatic nitrogens is 1. The summed E-state index contributed by atoms with van der Waals surface area (Å²) in [4.78, 5) is 0. The molecule has 3 N–H and O–H groups in total. The third kappa shape index (κ3) is 2.11. The third-order valence-corrected chi connectivity index (χ3v) is 3.17. The number of benzene rings is 1. The van der Waals surface area contributed by atoms with Crippen LogP contribution >= 0.6 is 28.1 Å². The van der Waals surface area contributed by atoms with E-state index in [-0.39, 0.29) is 11.0 Å². The van der Waals surface area contributed by atoms with Crippen LogP contribution in [0.2, 0.25) is 0 Å². The van der Waals surface area contributed by atoms with Gasteiger partial charge in [-0.05, 0) is 36.8 Å². The molecule has 0 aliphatic heterocycles. The molecule has 94 valence electrons. The molecule has 1 aromatic carbocycles. The second-order valence-electron chi connectivity index (χ2n) is 3.89. The average Bonchev–Trinajstić information content (AvgIpc) is 2.49. The molecule has 0 unspecified atom stereocenters. The molecule has 0 saturated carbocycles. The highest BCUT2D eigenvalue weighted by Crippen LogP contribution is 2.40.